The molecule has 3 nitrogen and oxygen atoms in total. The van der Waals surface area contributed by atoms with Crippen LogP contribution >= 0.6 is 27.7 Å². The van der Waals surface area contributed by atoms with Gasteiger partial charge < -0.3 is 5.32 Å². The van der Waals surface area contributed by atoms with Gasteiger partial charge in [-0.15, -0.1) is 0 Å². The fourth-order valence-electron chi connectivity index (χ4n) is 2.86. The Balaban J connectivity index is 2.04. The van der Waals surface area contributed by atoms with Crippen molar-refractivity contribution in [3.8, 4) is 0 Å². The minimum Gasteiger partial charge on any atom is -0.307 e. The van der Waals surface area contributed by atoms with Gasteiger partial charge in [-0.05, 0) is 48.4 Å². The molecule has 1 aliphatic rings. The first-order valence-corrected chi connectivity index (χ1v) is 9.29. The summed E-state index contributed by atoms with van der Waals surface area (Å²) in [5, 5.41) is 9.18. The lowest BCUT2D eigenvalue weighted by Gasteiger charge is -2.19. The van der Waals surface area contributed by atoms with Crippen molar-refractivity contribution in [2.24, 2.45) is 0 Å². The fourth-order valence-corrected chi connectivity index (χ4v) is 4.52. The number of aromatic nitrogens is 2. The van der Waals surface area contributed by atoms with E-state index in [-0.39, 0.29) is 0 Å². The molecule has 0 amide bonds. The summed E-state index contributed by atoms with van der Waals surface area (Å²) in [5.74, 6) is 0. The zero-order valence-electron chi connectivity index (χ0n) is 12.1. The quantitative estimate of drug-likeness (QED) is 0.854. The zero-order chi connectivity index (χ0) is 13.8. The smallest absolute Gasteiger partial charge is 0.0767 e. The lowest BCUT2D eigenvalue weighted by Crippen LogP contribution is -2.34. The molecule has 1 fully saturated rings. The molecule has 1 N–H and O–H groups in total. The van der Waals surface area contributed by atoms with Gasteiger partial charge in [-0.25, -0.2) is 0 Å². The van der Waals surface area contributed by atoms with Crippen LogP contribution in [0.3, 0.4) is 0 Å². The third-order valence-corrected chi connectivity index (χ3v) is 6.07. The van der Waals surface area contributed by atoms with E-state index in [0.29, 0.717) is 6.04 Å². The van der Waals surface area contributed by atoms with Gasteiger partial charge in [0, 0.05) is 24.4 Å². The average molecular weight is 346 g/mol. The van der Waals surface area contributed by atoms with Gasteiger partial charge in [0.15, 0.2) is 0 Å². The van der Waals surface area contributed by atoms with E-state index in [9.17, 15) is 0 Å². The predicted octanol–water partition coefficient (Wildman–Crippen LogP) is 3.60. The standard InChI is InChI=1S/C14H24BrN3S/c1-4-10-14(15)12(18(5-2)17-10)9-16-11-7-6-8-13(11)19-3/h11,13,16H,4-9H2,1-3H3. The summed E-state index contributed by atoms with van der Waals surface area (Å²) in [4.78, 5) is 0. The molecule has 0 aliphatic heterocycles. The third-order valence-electron chi connectivity index (χ3n) is 3.98. The highest BCUT2D eigenvalue weighted by molar-refractivity contribution is 9.10. The van der Waals surface area contributed by atoms with Crippen LogP contribution in [0.4, 0.5) is 0 Å². The number of halogens is 1. The number of aryl methyl sites for hydroxylation is 2. The van der Waals surface area contributed by atoms with Crippen molar-refractivity contribution in [1.29, 1.82) is 0 Å². The van der Waals surface area contributed by atoms with Crippen molar-refractivity contribution >= 4 is 27.7 Å². The van der Waals surface area contributed by atoms with Gasteiger partial charge in [0.25, 0.3) is 0 Å². The maximum absolute atomic E-state index is 4.66. The Morgan fingerprint density at radius 1 is 1.42 bits per heavy atom. The van der Waals surface area contributed by atoms with Gasteiger partial charge in [0.2, 0.25) is 0 Å². The summed E-state index contributed by atoms with van der Waals surface area (Å²) in [5.41, 5.74) is 2.47. The minimum atomic E-state index is 0.659. The van der Waals surface area contributed by atoms with E-state index < -0.39 is 0 Å². The SMILES string of the molecule is CCc1nn(CC)c(CNC2CCCC2SC)c1Br. The summed E-state index contributed by atoms with van der Waals surface area (Å²) in [6.07, 6.45) is 7.23. The van der Waals surface area contributed by atoms with Crippen LogP contribution in [0.1, 0.15) is 44.5 Å². The van der Waals surface area contributed by atoms with Gasteiger partial charge in [-0.2, -0.15) is 16.9 Å². The van der Waals surface area contributed by atoms with Gasteiger partial charge in [-0.3, -0.25) is 4.68 Å². The van der Waals surface area contributed by atoms with Crippen LogP contribution in [0, 0.1) is 0 Å². The summed E-state index contributed by atoms with van der Waals surface area (Å²) < 4.78 is 3.32. The molecule has 0 aromatic carbocycles. The van der Waals surface area contributed by atoms with Crippen molar-refractivity contribution in [3.63, 3.8) is 0 Å². The summed E-state index contributed by atoms with van der Waals surface area (Å²) in [6.45, 7) is 6.17. The van der Waals surface area contributed by atoms with E-state index in [1.54, 1.807) is 0 Å². The van der Waals surface area contributed by atoms with Gasteiger partial charge in [0.1, 0.15) is 0 Å². The first-order chi connectivity index (χ1) is 9.21. The van der Waals surface area contributed by atoms with Crippen molar-refractivity contribution in [2.45, 2.75) is 63.9 Å². The van der Waals surface area contributed by atoms with Gasteiger partial charge >= 0.3 is 0 Å². The lowest BCUT2D eigenvalue weighted by atomic mass is 10.2. The third kappa shape index (κ3) is 3.37. The van der Waals surface area contributed by atoms with Gasteiger partial charge in [0.05, 0.1) is 15.9 Å². The van der Waals surface area contributed by atoms with Crippen LogP contribution in [0.2, 0.25) is 0 Å². The Morgan fingerprint density at radius 2 is 2.21 bits per heavy atom. The number of nitrogens with zero attached hydrogens (tertiary/aromatic N) is 2. The fraction of sp³-hybridized carbons (Fsp3) is 0.786. The topological polar surface area (TPSA) is 29.9 Å². The molecule has 0 saturated heterocycles. The van der Waals surface area contributed by atoms with E-state index >= 15 is 0 Å². The molecule has 1 aromatic rings. The van der Waals surface area contributed by atoms with Crippen molar-refractivity contribution in [2.75, 3.05) is 6.26 Å². The molecule has 19 heavy (non-hydrogen) atoms. The van der Waals surface area contributed by atoms with E-state index in [0.717, 1.165) is 24.8 Å². The average Bonchev–Trinajstić information content (AvgIpc) is 3.00. The summed E-state index contributed by atoms with van der Waals surface area (Å²) in [6, 6.07) is 0.659. The molecule has 108 valence electrons. The summed E-state index contributed by atoms with van der Waals surface area (Å²) >= 11 is 5.72. The molecule has 2 rings (SSSR count). The summed E-state index contributed by atoms with van der Waals surface area (Å²) in [7, 11) is 0. The first kappa shape index (κ1) is 15.4. The predicted molar refractivity (Wildman–Crippen MR) is 86.8 cm³/mol. The van der Waals surface area contributed by atoms with Crippen molar-refractivity contribution in [1.82, 2.24) is 15.1 Å². The van der Waals surface area contributed by atoms with Crippen LogP contribution in [-0.4, -0.2) is 27.3 Å². The number of thioether (sulfide) groups is 1. The van der Waals surface area contributed by atoms with E-state index in [1.807, 2.05) is 11.8 Å². The van der Waals surface area contributed by atoms with Crippen LogP contribution in [-0.2, 0) is 19.5 Å². The molecule has 1 saturated carbocycles. The molecule has 0 bridgehead atoms. The molecular formula is C14H24BrN3S. The highest BCUT2D eigenvalue weighted by Gasteiger charge is 2.26. The molecule has 2 atom stereocenters. The van der Waals surface area contributed by atoms with Crippen LogP contribution < -0.4 is 5.32 Å². The second-order valence-corrected chi connectivity index (χ2v) is 6.94. The zero-order valence-corrected chi connectivity index (χ0v) is 14.5. The Bertz CT molecular complexity index is 419. The first-order valence-electron chi connectivity index (χ1n) is 7.21. The second-order valence-electron chi connectivity index (χ2n) is 5.07. The lowest BCUT2D eigenvalue weighted by molar-refractivity contribution is 0.503. The van der Waals surface area contributed by atoms with E-state index in [2.05, 4.69) is 51.1 Å². The molecule has 1 aliphatic carbocycles. The second kappa shape index (κ2) is 7.14. The van der Waals surface area contributed by atoms with Gasteiger partial charge in [-0.1, -0.05) is 13.3 Å². The highest BCUT2D eigenvalue weighted by Crippen LogP contribution is 2.29. The normalized spacial score (nSPS) is 23.2. The van der Waals surface area contributed by atoms with E-state index in [4.69, 9.17) is 0 Å². The van der Waals surface area contributed by atoms with E-state index in [1.165, 1.54) is 35.1 Å². The van der Waals surface area contributed by atoms with Crippen molar-refractivity contribution < 1.29 is 0 Å². The monoisotopic (exact) mass is 345 g/mol. The van der Waals surface area contributed by atoms with Crippen molar-refractivity contribution in [3.05, 3.63) is 15.9 Å². The number of hydrogen-bond donors (Lipinski definition) is 1. The van der Waals surface area contributed by atoms with Crippen LogP contribution in [0.15, 0.2) is 4.47 Å². The largest absolute Gasteiger partial charge is 0.307 e. The maximum atomic E-state index is 4.66. The molecule has 5 heteroatoms. The number of rotatable bonds is 6. The maximum Gasteiger partial charge on any atom is 0.0767 e. The number of hydrogen-bond acceptors (Lipinski definition) is 3. The van der Waals surface area contributed by atoms with Crippen LogP contribution in [0.5, 0.6) is 0 Å². The molecule has 1 aromatic heterocycles. The molecule has 2 unspecified atom stereocenters. The Hall–Kier alpha value is -0.000000000000000111. The Morgan fingerprint density at radius 3 is 2.84 bits per heavy atom. The molecule has 1 heterocycles. The van der Waals surface area contributed by atoms with Crippen LogP contribution in [0.25, 0.3) is 0 Å². The molecule has 0 spiro atoms. The molecule has 0 radical (unpaired) electrons. The minimum absolute atomic E-state index is 0.659. The Kier molecular flexibility index (Phi) is 5.78. The Labute approximate surface area is 129 Å². The molecular weight excluding hydrogens is 322 g/mol. The number of nitrogens with one attached hydrogen (secondary N) is 1. The highest BCUT2D eigenvalue weighted by atomic mass is 79.9.